The minimum atomic E-state index is 0.123. The van der Waals surface area contributed by atoms with Gasteiger partial charge in [-0.25, -0.2) is 0 Å². The first kappa shape index (κ1) is 11.2. The van der Waals surface area contributed by atoms with Crippen LogP contribution in [0.4, 0.5) is 0 Å². The summed E-state index contributed by atoms with van der Waals surface area (Å²) in [5, 5.41) is 2.84. The molecule has 2 heteroatoms. The first-order valence-electron chi connectivity index (χ1n) is 6.17. The van der Waals surface area contributed by atoms with Crippen molar-refractivity contribution in [3.8, 4) is 0 Å². The van der Waals surface area contributed by atoms with Gasteiger partial charge < -0.3 is 5.32 Å². The number of likely N-dealkylation sites (N-methyl/N-ethyl adjacent to an activating group) is 1. The third-order valence-electron chi connectivity index (χ3n) is 3.15. The lowest BCUT2D eigenvalue weighted by molar-refractivity contribution is -0.120. The van der Waals surface area contributed by atoms with Gasteiger partial charge in [0.05, 0.1) is 6.42 Å². The third-order valence-corrected chi connectivity index (χ3v) is 3.15. The Balaban J connectivity index is 2.08. The van der Waals surface area contributed by atoms with Crippen molar-refractivity contribution in [3.63, 3.8) is 0 Å². The Morgan fingerprint density at radius 1 is 1.25 bits per heavy atom. The summed E-state index contributed by atoms with van der Waals surface area (Å²) in [6.07, 6.45) is 5.50. The molecule has 1 aliphatic carbocycles. The van der Waals surface area contributed by atoms with Crippen LogP contribution < -0.4 is 5.32 Å². The lowest BCUT2D eigenvalue weighted by Crippen LogP contribution is -2.24. The van der Waals surface area contributed by atoms with Crippen molar-refractivity contribution in [2.75, 3.05) is 6.54 Å². The van der Waals surface area contributed by atoms with Crippen molar-refractivity contribution in [2.24, 2.45) is 0 Å². The average molecular weight is 217 g/mol. The van der Waals surface area contributed by atoms with E-state index in [-0.39, 0.29) is 5.91 Å². The first-order valence-corrected chi connectivity index (χ1v) is 6.17. The number of aryl methyl sites for hydroxylation is 2. The van der Waals surface area contributed by atoms with Gasteiger partial charge in [0, 0.05) is 6.54 Å². The van der Waals surface area contributed by atoms with Gasteiger partial charge in [0.15, 0.2) is 0 Å². The van der Waals surface area contributed by atoms with Crippen LogP contribution in [0.5, 0.6) is 0 Å². The highest BCUT2D eigenvalue weighted by Crippen LogP contribution is 2.22. The van der Waals surface area contributed by atoms with Crippen molar-refractivity contribution >= 4 is 5.91 Å². The van der Waals surface area contributed by atoms with Gasteiger partial charge >= 0.3 is 0 Å². The van der Waals surface area contributed by atoms with Gasteiger partial charge in [-0.15, -0.1) is 0 Å². The van der Waals surface area contributed by atoms with Gasteiger partial charge in [-0.05, 0) is 49.3 Å². The maximum atomic E-state index is 11.5. The Kier molecular flexibility index (Phi) is 3.60. The highest BCUT2D eigenvalue weighted by atomic mass is 16.1. The molecule has 16 heavy (non-hydrogen) atoms. The molecule has 1 amide bonds. The number of fused-ring (bicyclic) bond motifs is 1. The summed E-state index contributed by atoms with van der Waals surface area (Å²) in [5.74, 6) is 0.123. The van der Waals surface area contributed by atoms with Crippen molar-refractivity contribution < 1.29 is 4.79 Å². The lowest BCUT2D eigenvalue weighted by atomic mass is 9.90. The van der Waals surface area contributed by atoms with Crippen molar-refractivity contribution in [1.29, 1.82) is 0 Å². The van der Waals surface area contributed by atoms with E-state index in [2.05, 4.69) is 23.5 Å². The van der Waals surface area contributed by atoms with Gasteiger partial charge in [-0.1, -0.05) is 18.2 Å². The number of nitrogens with one attached hydrogen (secondary N) is 1. The van der Waals surface area contributed by atoms with Gasteiger partial charge in [0.2, 0.25) is 5.91 Å². The fourth-order valence-electron chi connectivity index (χ4n) is 2.34. The molecular formula is C14H19NO. The molecule has 0 atom stereocenters. The Labute approximate surface area is 97.1 Å². The topological polar surface area (TPSA) is 29.1 Å². The average Bonchev–Trinajstić information content (AvgIpc) is 2.29. The van der Waals surface area contributed by atoms with Crippen LogP contribution >= 0.6 is 0 Å². The molecule has 0 bridgehead atoms. The normalized spacial score (nSPS) is 14.3. The summed E-state index contributed by atoms with van der Waals surface area (Å²) < 4.78 is 0. The predicted molar refractivity (Wildman–Crippen MR) is 65.5 cm³/mol. The molecule has 0 saturated carbocycles. The van der Waals surface area contributed by atoms with Gasteiger partial charge in [0.1, 0.15) is 0 Å². The molecule has 1 N–H and O–H groups in total. The van der Waals surface area contributed by atoms with E-state index in [1.165, 1.54) is 36.8 Å². The molecule has 2 rings (SSSR count). The molecule has 1 aromatic rings. The first-order chi connectivity index (χ1) is 7.79. The molecule has 0 heterocycles. The Morgan fingerprint density at radius 2 is 2.00 bits per heavy atom. The molecule has 1 aromatic carbocycles. The predicted octanol–water partition coefficient (Wildman–Crippen LogP) is 2.24. The molecule has 0 spiro atoms. The molecule has 86 valence electrons. The van der Waals surface area contributed by atoms with Gasteiger partial charge in [0.25, 0.3) is 0 Å². The SMILES string of the molecule is CCNC(=O)Cc1ccc2c(c1)CCCC2. The summed E-state index contributed by atoms with van der Waals surface area (Å²) in [7, 11) is 0. The number of rotatable bonds is 3. The van der Waals surface area contributed by atoms with Crippen LogP contribution in [0.15, 0.2) is 18.2 Å². The third kappa shape index (κ3) is 2.63. The molecule has 2 nitrogen and oxygen atoms in total. The largest absolute Gasteiger partial charge is 0.356 e. The van der Waals surface area contributed by atoms with Crippen molar-refractivity contribution in [2.45, 2.75) is 39.0 Å². The number of benzene rings is 1. The molecular weight excluding hydrogens is 198 g/mol. The highest BCUT2D eigenvalue weighted by molar-refractivity contribution is 5.78. The Bertz CT molecular complexity index is 384. The summed E-state index contributed by atoms with van der Waals surface area (Å²) in [4.78, 5) is 11.5. The zero-order chi connectivity index (χ0) is 11.4. The number of hydrogen-bond donors (Lipinski definition) is 1. The van der Waals surface area contributed by atoms with E-state index >= 15 is 0 Å². The number of carbonyl (C=O) groups is 1. The van der Waals surface area contributed by atoms with Crippen LogP contribution in [0, 0.1) is 0 Å². The summed E-state index contributed by atoms with van der Waals surface area (Å²) >= 11 is 0. The van der Waals surface area contributed by atoms with Crippen molar-refractivity contribution in [3.05, 3.63) is 34.9 Å². The van der Waals surface area contributed by atoms with Gasteiger partial charge in [-0.3, -0.25) is 4.79 Å². The Hall–Kier alpha value is -1.31. The van der Waals surface area contributed by atoms with Gasteiger partial charge in [-0.2, -0.15) is 0 Å². The highest BCUT2D eigenvalue weighted by Gasteiger charge is 2.10. The maximum absolute atomic E-state index is 11.5. The maximum Gasteiger partial charge on any atom is 0.224 e. The van der Waals surface area contributed by atoms with Crippen molar-refractivity contribution in [1.82, 2.24) is 5.32 Å². The van der Waals surface area contributed by atoms with E-state index < -0.39 is 0 Å². The van der Waals surface area contributed by atoms with Crippen LogP contribution in [0.3, 0.4) is 0 Å². The minimum absolute atomic E-state index is 0.123. The van der Waals surface area contributed by atoms with E-state index in [4.69, 9.17) is 0 Å². The molecule has 0 unspecified atom stereocenters. The second-order valence-electron chi connectivity index (χ2n) is 4.44. The van der Waals surface area contributed by atoms with E-state index in [1.54, 1.807) is 0 Å². The second kappa shape index (κ2) is 5.15. The summed E-state index contributed by atoms with van der Waals surface area (Å²) in [6, 6.07) is 6.51. The van der Waals surface area contributed by atoms with E-state index in [0.29, 0.717) is 13.0 Å². The minimum Gasteiger partial charge on any atom is -0.356 e. The van der Waals surface area contributed by atoms with Crippen LogP contribution in [-0.4, -0.2) is 12.5 Å². The van der Waals surface area contributed by atoms with Crippen LogP contribution in [0.2, 0.25) is 0 Å². The zero-order valence-electron chi connectivity index (χ0n) is 9.88. The van der Waals surface area contributed by atoms with Crippen LogP contribution in [-0.2, 0) is 24.1 Å². The smallest absolute Gasteiger partial charge is 0.224 e. The number of carbonyl (C=O) groups excluding carboxylic acids is 1. The monoisotopic (exact) mass is 217 g/mol. The lowest BCUT2D eigenvalue weighted by Gasteiger charge is -2.16. The fraction of sp³-hybridized carbons (Fsp3) is 0.500. The fourth-order valence-corrected chi connectivity index (χ4v) is 2.34. The molecule has 0 radical (unpaired) electrons. The number of hydrogen-bond acceptors (Lipinski definition) is 1. The number of amides is 1. The van der Waals surface area contributed by atoms with Crippen LogP contribution in [0.25, 0.3) is 0 Å². The standard InChI is InChI=1S/C14H19NO/c1-2-15-14(16)10-11-7-8-12-5-3-4-6-13(12)9-11/h7-9H,2-6,10H2,1H3,(H,15,16). The Morgan fingerprint density at radius 3 is 2.75 bits per heavy atom. The van der Waals surface area contributed by atoms with E-state index in [1.807, 2.05) is 6.92 Å². The second-order valence-corrected chi connectivity index (χ2v) is 4.44. The molecule has 0 saturated heterocycles. The summed E-state index contributed by atoms with van der Waals surface area (Å²) in [5.41, 5.74) is 4.07. The molecule has 0 aromatic heterocycles. The van der Waals surface area contributed by atoms with Crippen LogP contribution in [0.1, 0.15) is 36.5 Å². The molecule has 0 aliphatic heterocycles. The van der Waals surface area contributed by atoms with E-state index in [0.717, 1.165) is 5.56 Å². The quantitative estimate of drug-likeness (QED) is 0.826. The molecule has 1 aliphatic rings. The zero-order valence-corrected chi connectivity index (χ0v) is 9.88. The van der Waals surface area contributed by atoms with E-state index in [9.17, 15) is 4.79 Å². The molecule has 0 fully saturated rings. The summed E-state index contributed by atoms with van der Waals surface area (Å²) in [6.45, 7) is 2.66.